The Morgan fingerprint density at radius 1 is 1.15 bits per heavy atom. The van der Waals surface area contributed by atoms with E-state index in [9.17, 15) is 14.7 Å². The Kier molecular flexibility index (Phi) is 7.97. The van der Waals surface area contributed by atoms with Crippen LogP contribution in [0.4, 0.5) is 0 Å². The van der Waals surface area contributed by atoms with Crippen molar-refractivity contribution >= 4 is 11.9 Å². The summed E-state index contributed by atoms with van der Waals surface area (Å²) < 4.78 is 4.45. The number of esters is 2. The molecule has 0 aromatic rings. The number of aliphatic hydroxyl groups is 1. The van der Waals surface area contributed by atoms with Crippen molar-refractivity contribution < 1.29 is 19.4 Å². The van der Waals surface area contributed by atoms with E-state index < -0.39 is 11.9 Å². The van der Waals surface area contributed by atoms with Crippen LogP contribution in [-0.2, 0) is 14.3 Å². The molecule has 1 N–H and O–H groups in total. The first kappa shape index (κ1) is 21.8. The lowest BCUT2D eigenvalue weighted by atomic mass is 9.71. The third-order valence-corrected chi connectivity index (χ3v) is 4.30. The molecule has 1 aliphatic rings. The summed E-state index contributed by atoms with van der Waals surface area (Å²) in [6.07, 6.45) is 12.3. The van der Waals surface area contributed by atoms with E-state index in [0.29, 0.717) is 5.57 Å². The van der Waals surface area contributed by atoms with Crippen LogP contribution < -0.4 is 0 Å². The molecular weight excluding hydrogens is 328 g/mol. The zero-order valence-corrected chi connectivity index (χ0v) is 16.6. The molecule has 1 atom stereocenters. The van der Waals surface area contributed by atoms with Gasteiger partial charge in [-0.3, -0.25) is 4.79 Å². The van der Waals surface area contributed by atoms with Gasteiger partial charge in [0.25, 0.3) is 0 Å². The molecule has 1 aliphatic carbocycles. The van der Waals surface area contributed by atoms with Gasteiger partial charge in [-0.05, 0) is 50.2 Å². The molecule has 0 aliphatic heterocycles. The SMILES string of the molecule is CC(=O)OC(=O)/C=C(C)/C=C/C=C(C)\C=C\C1=C(C)C[C@@H](O)CC1(C)C. The van der Waals surface area contributed by atoms with Crippen LogP contribution >= 0.6 is 0 Å². The third-order valence-electron chi connectivity index (χ3n) is 4.30. The second kappa shape index (κ2) is 9.48. The van der Waals surface area contributed by atoms with Crippen molar-refractivity contribution in [3.05, 3.63) is 58.7 Å². The molecule has 0 bridgehead atoms. The number of rotatable bonds is 5. The van der Waals surface area contributed by atoms with Gasteiger partial charge in [-0.1, -0.05) is 55.4 Å². The van der Waals surface area contributed by atoms with E-state index in [4.69, 9.17) is 0 Å². The highest BCUT2D eigenvalue weighted by Crippen LogP contribution is 2.40. The molecule has 0 unspecified atom stereocenters. The Bertz CT molecular complexity index is 700. The van der Waals surface area contributed by atoms with Gasteiger partial charge >= 0.3 is 11.9 Å². The third kappa shape index (κ3) is 7.36. The highest BCUT2D eigenvalue weighted by Gasteiger charge is 2.31. The number of aliphatic hydroxyl groups excluding tert-OH is 1. The number of allylic oxidation sites excluding steroid dienone is 8. The first-order valence-electron chi connectivity index (χ1n) is 8.83. The lowest BCUT2D eigenvalue weighted by Gasteiger charge is -2.35. The van der Waals surface area contributed by atoms with Gasteiger partial charge in [0.1, 0.15) is 0 Å². The number of ether oxygens (including phenoxy) is 1. The molecule has 0 saturated carbocycles. The first-order chi connectivity index (χ1) is 12.0. The van der Waals surface area contributed by atoms with Gasteiger partial charge in [0.05, 0.1) is 6.10 Å². The van der Waals surface area contributed by atoms with Gasteiger partial charge in [-0.25, -0.2) is 4.79 Å². The molecule has 0 radical (unpaired) electrons. The summed E-state index contributed by atoms with van der Waals surface area (Å²) in [4.78, 5) is 22.1. The van der Waals surface area contributed by atoms with E-state index in [-0.39, 0.29) is 11.5 Å². The largest absolute Gasteiger partial charge is 0.393 e. The fraction of sp³-hybridized carbons (Fsp3) is 0.455. The molecule has 1 rings (SSSR count). The number of hydrogen-bond donors (Lipinski definition) is 1. The lowest BCUT2D eigenvalue weighted by molar-refractivity contribution is -0.154. The predicted molar refractivity (Wildman–Crippen MR) is 104 cm³/mol. The molecule has 26 heavy (non-hydrogen) atoms. The number of carbonyl (C=O) groups is 2. The molecule has 0 fully saturated rings. The summed E-state index contributed by atoms with van der Waals surface area (Å²) >= 11 is 0. The van der Waals surface area contributed by atoms with Crippen LogP contribution in [0.15, 0.2) is 58.7 Å². The Balaban J connectivity index is 2.78. The Morgan fingerprint density at radius 2 is 1.81 bits per heavy atom. The average Bonchev–Trinajstić information content (AvgIpc) is 2.43. The summed E-state index contributed by atoms with van der Waals surface area (Å²) in [7, 11) is 0. The molecule has 142 valence electrons. The van der Waals surface area contributed by atoms with Crippen LogP contribution in [0.2, 0.25) is 0 Å². The fourth-order valence-corrected chi connectivity index (χ4v) is 3.21. The van der Waals surface area contributed by atoms with E-state index in [1.54, 1.807) is 13.0 Å². The van der Waals surface area contributed by atoms with Crippen LogP contribution in [0.3, 0.4) is 0 Å². The van der Waals surface area contributed by atoms with Crippen molar-refractivity contribution in [2.24, 2.45) is 5.41 Å². The summed E-state index contributed by atoms with van der Waals surface area (Å²) in [5.74, 6) is -1.28. The Morgan fingerprint density at radius 3 is 2.38 bits per heavy atom. The zero-order chi connectivity index (χ0) is 19.9. The smallest absolute Gasteiger partial charge is 0.338 e. The monoisotopic (exact) mass is 358 g/mol. The van der Waals surface area contributed by atoms with Crippen molar-refractivity contribution in [1.29, 1.82) is 0 Å². The van der Waals surface area contributed by atoms with Crippen molar-refractivity contribution in [1.82, 2.24) is 0 Å². The van der Waals surface area contributed by atoms with E-state index in [2.05, 4.69) is 37.7 Å². The standard InChI is InChI=1S/C22H30O4/c1-15(8-7-9-16(2)12-21(25)26-18(4)23)10-11-20-17(3)13-19(24)14-22(20,5)6/h7-12,19,24H,13-14H2,1-6H3/b9-7+,11-10+,15-8-,16-12+/t19-/m1/s1. The topological polar surface area (TPSA) is 63.6 Å². The lowest BCUT2D eigenvalue weighted by Crippen LogP contribution is -2.28. The highest BCUT2D eigenvalue weighted by molar-refractivity contribution is 5.91. The zero-order valence-electron chi connectivity index (χ0n) is 16.6. The first-order valence-corrected chi connectivity index (χ1v) is 8.83. The minimum atomic E-state index is -0.663. The molecule has 0 aromatic heterocycles. The molecule has 0 aromatic carbocycles. The van der Waals surface area contributed by atoms with E-state index in [1.807, 2.05) is 19.1 Å². The normalized spacial score (nSPS) is 21.6. The van der Waals surface area contributed by atoms with Gasteiger partial charge in [-0.15, -0.1) is 0 Å². The van der Waals surface area contributed by atoms with Gasteiger partial charge in [-0.2, -0.15) is 0 Å². The van der Waals surface area contributed by atoms with Crippen LogP contribution in [0, 0.1) is 5.41 Å². The fourth-order valence-electron chi connectivity index (χ4n) is 3.21. The number of carbonyl (C=O) groups excluding carboxylic acids is 2. The predicted octanol–water partition coefficient (Wildman–Crippen LogP) is 4.58. The van der Waals surface area contributed by atoms with Gasteiger partial charge < -0.3 is 9.84 Å². The van der Waals surface area contributed by atoms with E-state index >= 15 is 0 Å². The average molecular weight is 358 g/mol. The maximum absolute atomic E-state index is 11.4. The van der Waals surface area contributed by atoms with Crippen molar-refractivity contribution in [3.8, 4) is 0 Å². The van der Waals surface area contributed by atoms with Gasteiger partial charge in [0, 0.05) is 13.0 Å². The summed E-state index contributed by atoms with van der Waals surface area (Å²) in [5, 5.41) is 9.95. The summed E-state index contributed by atoms with van der Waals surface area (Å²) in [5.41, 5.74) is 4.25. The van der Waals surface area contributed by atoms with E-state index in [0.717, 1.165) is 18.4 Å². The van der Waals surface area contributed by atoms with Crippen molar-refractivity contribution in [2.45, 2.75) is 60.5 Å². The second-order valence-electron chi connectivity index (χ2n) is 7.54. The molecule has 0 amide bonds. The molecule has 4 nitrogen and oxygen atoms in total. The summed E-state index contributed by atoms with van der Waals surface area (Å²) in [6, 6.07) is 0. The van der Waals surface area contributed by atoms with Crippen molar-refractivity contribution in [3.63, 3.8) is 0 Å². The summed E-state index contributed by atoms with van der Waals surface area (Å²) in [6.45, 7) is 11.4. The second-order valence-corrected chi connectivity index (χ2v) is 7.54. The van der Waals surface area contributed by atoms with E-state index in [1.165, 1.54) is 24.1 Å². The van der Waals surface area contributed by atoms with Crippen molar-refractivity contribution in [2.75, 3.05) is 0 Å². The minimum Gasteiger partial charge on any atom is -0.393 e. The number of hydrogen-bond acceptors (Lipinski definition) is 4. The molecule has 4 heteroatoms. The Labute approximate surface area is 156 Å². The van der Waals surface area contributed by atoms with Crippen LogP contribution in [-0.4, -0.2) is 23.1 Å². The highest BCUT2D eigenvalue weighted by atomic mass is 16.6. The van der Waals surface area contributed by atoms with Gasteiger partial charge in [0.15, 0.2) is 0 Å². The van der Waals surface area contributed by atoms with Gasteiger partial charge in [0.2, 0.25) is 0 Å². The molecule has 0 spiro atoms. The minimum absolute atomic E-state index is 0.0369. The molecule has 0 heterocycles. The maximum atomic E-state index is 11.4. The van der Waals surface area contributed by atoms with Crippen LogP contribution in [0.1, 0.15) is 54.4 Å². The molecule has 0 saturated heterocycles. The Hall–Kier alpha value is -2.20. The quantitative estimate of drug-likeness (QED) is 0.338. The molecular formula is C22H30O4. The van der Waals surface area contributed by atoms with Crippen LogP contribution in [0.25, 0.3) is 0 Å². The van der Waals surface area contributed by atoms with Crippen LogP contribution in [0.5, 0.6) is 0 Å². The maximum Gasteiger partial charge on any atom is 0.338 e.